The van der Waals surface area contributed by atoms with E-state index in [1.165, 1.54) is 13.8 Å². The summed E-state index contributed by atoms with van der Waals surface area (Å²) in [6.07, 6.45) is 0.0664. The van der Waals surface area contributed by atoms with E-state index < -0.39 is 17.4 Å². The quantitative estimate of drug-likeness (QED) is 0.713. The van der Waals surface area contributed by atoms with E-state index in [-0.39, 0.29) is 25.2 Å². The van der Waals surface area contributed by atoms with E-state index >= 15 is 0 Å². The standard InChI is InChI=1S/C7H12O4.ClH/c1-7(2,6(10)11)4-3-5(8)9;/h3-4H2,1-2H3,(H,8,9)(H,10,11);1H. The first-order chi connectivity index (χ1) is 4.86. The van der Waals surface area contributed by atoms with Crippen molar-refractivity contribution in [2.45, 2.75) is 26.7 Å². The van der Waals surface area contributed by atoms with Gasteiger partial charge in [-0.05, 0) is 20.3 Å². The molecule has 2 N–H and O–H groups in total. The van der Waals surface area contributed by atoms with Crippen LogP contribution in [0.15, 0.2) is 0 Å². The molecule has 0 amide bonds. The first kappa shape index (κ1) is 13.8. The highest BCUT2D eigenvalue weighted by molar-refractivity contribution is 5.85. The number of hydrogen-bond acceptors (Lipinski definition) is 2. The highest BCUT2D eigenvalue weighted by Crippen LogP contribution is 2.21. The van der Waals surface area contributed by atoms with Gasteiger partial charge in [0.1, 0.15) is 0 Å². The molecule has 0 aliphatic rings. The molecule has 12 heavy (non-hydrogen) atoms. The summed E-state index contributed by atoms with van der Waals surface area (Å²) in [6.45, 7) is 3.02. The second-order valence-corrected chi connectivity index (χ2v) is 3.08. The lowest BCUT2D eigenvalue weighted by atomic mass is 9.88. The summed E-state index contributed by atoms with van der Waals surface area (Å²) in [4.78, 5) is 20.5. The molecule has 0 saturated carbocycles. The molecule has 0 unspecified atom stereocenters. The van der Waals surface area contributed by atoms with E-state index in [1.54, 1.807) is 0 Å². The third kappa shape index (κ3) is 4.96. The molecular formula is C7H13ClO4. The van der Waals surface area contributed by atoms with Gasteiger partial charge in [-0.1, -0.05) is 0 Å². The SMILES string of the molecule is CC(C)(CCC(=O)O)C(=O)O.Cl. The van der Waals surface area contributed by atoms with Gasteiger partial charge in [0.15, 0.2) is 0 Å². The van der Waals surface area contributed by atoms with Crippen molar-refractivity contribution in [2.75, 3.05) is 0 Å². The number of hydrogen-bond donors (Lipinski definition) is 2. The van der Waals surface area contributed by atoms with Crippen molar-refractivity contribution in [3.05, 3.63) is 0 Å². The Hall–Kier alpha value is -0.770. The van der Waals surface area contributed by atoms with Crippen molar-refractivity contribution < 1.29 is 19.8 Å². The normalized spacial score (nSPS) is 10.2. The molecule has 0 fully saturated rings. The van der Waals surface area contributed by atoms with E-state index in [9.17, 15) is 9.59 Å². The Morgan fingerprint density at radius 3 is 1.92 bits per heavy atom. The minimum absolute atomic E-state index is 0. The molecule has 4 nitrogen and oxygen atoms in total. The van der Waals surface area contributed by atoms with Crippen LogP contribution < -0.4 is 0 Å². The molecule has 0 aromatic heterocycles. The van der Waals surface area contributed by atoms with Crippen molar-refractivity contribution in [1.82, 2.24) is 0 Å². The van der Waals surface area contributed by atoms with Crippen molar-refractivity contribution >= 4 is 24.3 Å². The van der Waals surface area contributed by atoms with Crippen LogP contribution in [0.5, 0.6) is 0 Å². The molecule has 0 aromatic carbocycles. The van der Waals surface area contributed by atoms with Crippen LogP contribution in [0, 0.1) is 5.41 Å². The Kier molecular flexibility index (Phi) is 5.72. The molecular weight excluding hydrogens is 184 g/mol. The number of halogens is 1. The first-order valence-electron chi connectivity index (χ1n) is 3.31. The fourth-order valence-corrected chi connectivity index (χ4v) is 0.526. The number of aliphatic carboxylic acids is 2. The number of carboxylic acids is 2. The lowest BCUT2D eigenvalue weighted by Crippen LogP contribution is -2.24. The average Bonchev–Trinajstić information content (AvgIpc) is 1.84. The molecule has 0 aliphatic heterocycles. The van der Waals surface area contributed by atoms with Gasteiger partial charge >= 0.3 is 11.9 Å². The second kappa shape index (κ2) is 4.98. The van der Waals surface area contributed by atoms with Gasteiger partial charge in [-0.25, -0.2) is 0 Å². The third-order valence-corrected chi connectivity index (χ3v) is 1.54. The van der Waals surface area contributed by atoms with Gasteiger partial charge in [-0.2, -0.15) is 0 Å². The molecule has 0 atom stereocenters. The van der Waals surface area contributed by atoms with E-state index in [0.717, 1.165) is 0 Å². The van der Waals surface area contributed by atoms with Crippen LogP contribution >= 0.6 is 12.4 Å². The average molecular weight is 197 g/mol. The maximum absolute atomic E-state index is 10.4. The molecule has 72 valence electrons. The van der Waals surface area contributed by atoms with Crippen LogP contribution in [-0.2, 0) is 9.59 Å². The highest BCUT2D eigenvalue weighted by Gasteiger charge is 2.27. The van der Waals surface area contributed by atoms with Crippen LogP contribution in [0.2, 0.25) is 0 Å². The summed E-state index contributed by atoms with van der Waals surface area (Å²) in [5.74, 6) is -1.92. The molecule has 0 rings (SSSR count). The summed E-state index contributed by atoms with van der Waals surface area (Å²) in [6, 6.07) is 0. The minimum Gasteiger partial charge on any atom is -0.481 e. The highest BCUT2D eigenvalue weighted by atomic mass is 35.5. The van der Waals surface area contributed by atoms with Crippen molar-refractivity contribution in [3.8, 4) is 0 Å². The maximum Gasteiger partial charge on any atom is 0.309 e. The van der Waals surface area contributed by atoms with Gasteiger partial charge in [0, 0.05) is 6.42 Å². The van der Waals surface area contributed by atoms with Gasteiger partial charge in [0.05, 0.1) is 5.41 Å². The van der Waals surface area contributed by atoms with E-state index in [0.29, 0.717) is 0 Å². The number of carbonyl (C=O) groups is 2. The Morgan fingerprint density at radius 1 is 1.25 bits per heavy atom. The molecule has 5 heteroatoms. The van der Waals surface area contributed by atoms with E-state index in [1.807, 2.05) is 0 Å². The lowest BCUT2D eigenvalue weighted by molar-refractivity contribution is -0.148. The van der Waals surface area contributed by atoms with Gasteiger partial charge in [-0.15, -0.1) is 12.4 Å². The smallest absolute Gasteiger partial charge is 0.309 e. The number of carboxylic acid groups (broad SMARTS) is 2. The zero-order valence-electron chi connectivity index (χ0n) is 7.03. The molecule has 0 radical (unpaired) electrons. The zero-order chi connectivity index (χ0) is 9.07. The Labute approximate surface area is 77.0 Å². The predicted molar refractivity (Wildman–Crippen MR) is 45.5 cm³/mol. The Bertz CT molecular complexity index is 176. The van der Waals surface area contributed by atoms with Gasteiger partial charge in [-0.3, -0.25) is 9.59 Å². The van der Waals surface area contributed by atoms with E-state index in [4.69, 9.17) is 10.2 Å². The molecule has 0 heterocycles. The zero-order valence-corrected chi connectivity index (χ0v) is 7.85. The monoisotopic (exact) mass is 196 g/mol. The fourth-order valence-electron chi connectivity index (χ4n) is 0.526. The van der Waals surface area contributed by atoms with Crippen LogP contribution in [-0.4, -0.2) is 22.2 Å². The van der Waals surface area contributed by atoms with Crippen molar-refractivity contribution in [3.63, 3.8) is 0 Å². The van der Waals surface area contributed by atoms with Gasteiger partial charge in [0.2, 0.25) is 0 Å². The van der Waals surface area contributed by atoms with Crippen LogP contribution in [0.4, 0.5) is 0 Å². The summed E-state index contributed by atoms with van der Waals surface area (Å²) >= 11 is 0. The third-order valence-electron chi connectivity index (χ3n) is 1.54. The fraction of sp³-hybridized carbons (Fsp3) is 0.714. The maximum atomic E-state index is 10.4. The molecule has 0 aliphatic carbocycles. The van der Waals surface area contributed by atoms with Crippen molar-refractivity contribution in [1.29, 1.82) is 0 Å². The lowest BCUT2D eigenvalue weighted by Gasteiger charge is -2.16. The summed E-state index contributed by atoms with van der Waals surface area (Å²) < 4.78 is 0. The first-order valence-corrected chi connectivity index (χ1v) is 3.31. The van der Waals surface area contributed by atoms with Gasteiger partial charge in [0.25, 0.3) is 0 Å². The molecule has 0 spiro atoms. The topological polar surface area (TPSA) is 74.6 Å². The summed E-state index contributed by atoms with van der Waals surface area (Å²) in [5.41, 5.74) is -0.932. The minimum atomic E-state index is -0.959. The Balaban J connectivity index is 0. The van der Waals surface area contributed by atoms with E-state index in [2.05, 4.69) is 0 Å². The predicted octanol–water partition coefficient (Wildman–Crippen LogP) is 1.38. The molecule has 0 aromatic rings. The summed E-state index contributed by atoms with van der Waals surface area (Å²) in [5, 5.41) is 16.8. The van der Waals surface area contributed by atoms with Gasteiger partial charge < -0.3 is 10.2 Å². The molecule has 0 bridgehead atoms. The molecule has 0 saturated heterocycles. The summed E-state index contributed by atoms with van der Waals surface area (Å²) in [7, 11) is 0. The van der Waals surface area contributed by atoms with Crippen molar-refractivity contribution in [2.24, 2.45) is 5.41 Å². The second-order valence-electron chi connectivity index (χ2n) is 3.08. The van der Waals surface area contributed by atoms with Crippen LogP contribution in [0.1, 0.15) is 26.7 Å². The van der Waals surface area contributed by atoms with Crippen LogP contribution in [0.3, 0.4) is 0 Å². The van der Waals surface area contributed by atoms with Crippen LogP contribution in [0.25, 0.3) is 0 Å². The number of rotatable bonds is 4. The largest absolute Gasteiger partial charge is 0.481 e. The Morgan fingerprint density at radius 2 is 1.67 bits per heavy atom.